The van der Waals surface area contributed by atoms with Gasteiger partial charge in [0.1, 0.15) is 0 Å². The Labute approximate surface area is 103 Å². The van der Waals surface area contributed by atoms with Gasteiger partial charge in [0.15, 0.2) is 5.41 Å². The van der Waals surface area contributed by atoms with Gasteiger partial charge in [-0.1, -0.05) is 18.5 Å². The smallest absolute Gasteiger partial charge is 0.320 e. The summed E-state index contributed by atoms with van der Waals surface area (Å²) in [6, 6.07) is 5.13. The van der Waals surface area contributed by atoms with Crippen LogP contribution in [-0.4, -0.2) is 17.0 Å². The van der Waals surface area contributed by atoms with Gasteiger partial charge < -0.3 is 10.4 Å². The number of aliphatic carboxylic acids is 1. The van der Waals surface area contributed by atoms with Crippen LogP contribution in [-0.2, 0) is 15.0 Å². The Morgan fingerprint density at radius 2 is 2.24 bits per heavy atom. The minimum atomic E-state index is -1.31. The molecule has 1 aliphatic carbocycles. The highest BCUT2D eigenvalue weighted by Gasteiger charge is 2.77. The van der Waals surface area contributed by atoms with Crippen LogP contribution in [0.15, 0.2) is 18.2 Å². The standard InChI is InChI=1S/C12H10ClNO3/c1-11-5-12(11,10(16)17)9(15)14-8-3-2-6(13)4-7(8)11/h2-4H,5H2,1H3,(H,14,15)(H,16,17). The predicted molar refractivity (Wildman–Crippen MR) is 62.1 cm³/mol. The summed E-state index contributed by atoms with van der Waals surface area (Å²) in [5.41, 5.74) is -0.477. The monoisotopic (exact) mass is 251 g/mol. The van der Waals surface area contributed by atoms with Gasteiger partial charge in [0.25, 0.3) is 0 Å². The molecule has 1 aromatic carbocycles. The highest BCUT2D eigenvalue weighted by atomic mass is 35.5. The first-order chi connectivity index (χ1) is 7.92. The van der Waals surface area contributed by atoms with Gasteiger partial charge in [-0.2, -0.15) is 0 Å². The maximum absolute atomic E-state index is 11.9. The molecule has 0 radical (unpaired) electrons. The van der Waals surface area contributed by atoms with Gasteiger partial charge in [0.2, 0.25) is 5.91 Å². The molecule has 1 saturated carbocycles. The van der Waals surface area contributed by atoms with Crippen LogP contribution in [0, 0.1) is 5.41 Å². The zero-order valence-electron chi connectivity index (χ0n) is 9.08. The Bertz CT molecular complexity index is 571. The first-order valence-corrected chi connectivity index (χ1v) is 5.64. The second-order valence-corrected chi connectivity index (χ2v) is 5.30. The van der Waals surface area contributed by atoms with E-state index in [1.165, 1.54) is 0 Å². The molecule has 0 saturated heterocycles. The molecule has 4 nitrogen and oxygen atoms in total. The summed E-state index contributed by atoms with van der Waals surface area (Å²) in [6.07, 6.45) is 0.328. The second kappa shape index (κ2) is 2.82. The van der Waals surface area contributed by atoms with E-state index in [0.29, 0.717) is 17.1 Å². The molecule has 3 rings (SSSR count). The average Bonchev–Trinajstić information content (AvgIpc) is 2.91. The van der Waals surface area contributed by atoms with E-state index in [1.807, 2.05) is 0 Å². The lowest BCUT2D eigenvalue weighted by Crippen LogP contribution is -2.41. The third kappa shape index (κ3) is 1.04. The summed E-state index contributed by atoms with van der Waals surface area (Å²) < 4.78 is 0. The van der Waals surface area contributed by atoms with Crippen molar-refractivity contribution in [1.82, 2.24) is 0 Å². The highest BCUT2D eigenvalue weighted by Crippen LogP contribution is 2.68. The van der Waals surface area contributed by atoms with Crippen molar-refractivity contribution in [1.29, 1.82) is 0 Å². The normalized spacial score (nSPS) is 33.4. The number of hydrogen-bond donors (Lipinski definition) is 2. The molecule has 2 N–H and O–H groups in total. The van der Waals surface area contributed by atoms with E-state index in [9.17, 15) is 14.7 Å². The fourth-order valence-corrected chi connectivity index (χ4v) is 3.03. The number of carbonyl (C=O) groups is 2. The molecule has 1 amide bonds. The number of carboxylic acids is 1. The van der Waals surface area contributed by atoms with Crippen LogP contribution in [0.2, 0.25) is 5.02 Å². The molecule has 17 heavy (non-hydrogen) atoms. The summed E-state index contributed by atoms with van der Waals surface area (Å²) in [4.78, 5) is 23.3. The van der Waals surface area contributed by atoms with Gasteiger partial charge in [-0.05, 0) is 30.2 Å². The molecule has 5 heteroatoms. The number of hydrogen-bond acceptors (Lipinski definition) is 2. The first-order valence-electron chi connectivity index (χ1n) is 5.27. The number of anilines is 1. The van der Waals surface area contributed by atoms with Crippen molar-refractivity contribution in [2.24, 2.45) is 5.41 Å². The van der Waals surface area contributed by atoms with E-state index in [4.69, 9.17) is 11.6 Å². The first kappa shape index (κ1) is 10.6. The van der Waals surface area contributed by atoms with Crippen molar-refractivity contribution in [3.63, 3.8) is 0 Å². The van der Waals surface area contributed by atoms with Crippen molar-refractivity contribution >= 4 is 29.2 Å². The molecule has 1 aromatic rings. The van der Waals surface area contributed by atoms with Crippen LogP contribution in [0.25, 0.3) is 0 Å². The number of nitrogens with one attached hydrogen (secondary N) is 1. The Morgan fingerprint density at radius 3 is 2.88 bits per heavy atom. The molecular weight excluding hydrogens is 242 g/mol. The third-order valence-electron chi connectivity index (χ3n) is 4.01. The lowest BCUT2D eigenvalue weighted by atomic mass is 9.83. The van der Waals surface area contributed by atoms with E-state index >= 15 is 0 Å². The quantitative estimate of drug-likeness (QED) is 0.751. The van der Waals surface area contributed by atoms with Gasteiger partial charge in [-0.25, -0.2) is 0 Å². The molecule has 0 spiro atoms. The van der Waals surface area contributed by atoms with Crippen LogP contribution >= 0.6 is 11.6 Å². The van der Waals surface area contributed by atoms with Gasteiger partial charge in [0.05, 0.1) is 0 Å². The summed E-state index contributed by atoms with van der Waals surface area (Å²) in [5.74, 6) is -1.49. The van der Waals surface area contributed by atoms with Crippen LogP contribution in [0.1, 0.15) is 18.9 Å². The van der Waals surface area contributed by atoms with Gasteiger partial charge in [0, 0.05) is 16.1 Å². The average molecular weight is 252 g/mol. The van der Waals surface area contributed by atoms with Gasteiger partial charge in [-0.3, -0.25) is 9.59 Å². The van der Waals surface area contributed by atoms with E-state index < -0.39 is 22.7 Å². The molecule has 1 aliphatic heterocycles. The van der Waals surface area contributed by atoms with E-state index in [2.05, 4.69) is 5.32 Å². The predicted octanol–water partition coefficient (Wildman–Crippen LogP) is 2.02. The maximum Gasteiger partial charge on any atom is 0.320 e. The molecule has 2 atom stereocenters. The molecule has 1 heterocycles. The maximum atomic E-state index is 11.9. The number of benzene rings is 1. The van der Waals surface area contributed by atoms with Gasteiger partial charge in [-0.15, -0.1) is 0 Å². The van der Waals surface area contributed by atoms with Crippen molar-refractivity contribution < 1.29 is 14.7 Å². The molecule has 1 fully saturated rings. The lowest BCUT2D eigenvalue weighted by molar-refractivity contribution is -0.148. The largest absolute Gasteiger partial charge is 0.480 e. The SMILES string of the molecule is CC12CC1(C(=O)O)C(=O)Nc1ccc(Cl)cc12. The number of carboxylic acid groups (broad SMARTS) is 1. The van der Waals surface area contributed by atoms with Crippen LogP contribution < -0.4 is 5.32 Å². The Hall–Kier alpha value is -1.55. The number of carbonyl (C=O) groups excluding carboxylic acids is 1. The lowest BCUT2D eigenvalue weighted by Gasteiger charge is -2.27. The number of halogens is 1. The minimum Gasteiger partial charge on any atom is -0.480 e. The summed E-state index contributed by atoms with van der Waals surface area (Å²) in [5, 5.41) is 12.5. The fourth-order valence-electron chi connectivity index (χ4n) is 2.86. The molecule has 2 aliphatic rings. The van der Waals surface area contributed by atoms with Crippen LogP contribution in [0.3, 0.4) is 0 Å². The highest BCUT2D eigenvalue weighted by molar-refractivity contribution is 6.31. The minimum absolute atomic E-state index is 0.328. The number of rotatable bonds is 1. The molecular formula is C12H10ClNO3. The van der Waals surface area contributed by atoms with Crippen LogP contribution in [0.5, 0.6) is 0 Å². The molecule has 0 bridgehead atoms. The van der Waals surface area contributed by atoms with Gasteiger partial charge >= 0.3 is 5.97 Å². The van der Waals surface area contributed by atoms with E-state index in [0.717, 1.165) is 5.56 Å². The summed E-state index contributed by atoms with van der Waals surface area (Å²) in [7, 11) is 0. The van der Waals surface area contributed by atoms with Crippen molar-refractivity contribution in [2.75, 3.05) is 5.32 Å². The zero-order chi connectivity index (χ0) is 12.4. The Kier molecular flexibility index (Phi) is 1.76. The number of fused-ring (bicyclic) bond motifs is 3. The Morgan fingerprint density at radius 1 is 1.53 bits per heavy atom. The van der Waals surface area contributed by atoms with E-state index in [1.54, 1.807) is 25.1 Å². The van der Waals surface area contributed by atoms with Crippen molar-refractivity contribution in [2.45, 2.75) is 18.8 Å². The Balaban J connectivity index is 2.23. The van der Waals surface area contributed by atoms with Crippen molar-refractivity contribution in [3.8, 4) is 0 Å². The third-order valence-corrected chi connectivity index (χ3v) is 4.25. The second-order valence-electron chi connectivity index (χ2n) is 4.86. The number of amides is 1. The topological polar surface area (TPSA) is 66.4 Å². The van der Waals surface area contributed by atoms with Crippen LogP contribution in [0.4, 0.5) is 5.69 Å². The van der Waals surface area contributed by atoms with Crippen molar-refractivity contribution in [3.05, 3.63) is 28.8 Å². The molecule has 88 valence electrons. The fraction of sp³-hybridized carbons (Fsp3) is 0.333. The molecule has 2 unspecified atom stereocenters. The van der Waals surface area contributed by atoms with E-state index in [-0.39, 0.29) is 0 Å². The summed E-state index contributed by atoms with van der Waals surface area (Å²) >= 11 is 5.92. The summed E-state index contributed by atoms with van der Waals surface area (Å²) in [6.45, 7) is 1.80. The molecule has 0 aromatic heterocycles. The zero-order valence-corrected chi connectivity index (χ0v) is 9.84.